The molecule has 152 valence electrons. The monoisotopic (exact) mass is 400 g/mol. The molecule has 2 aromatic heterocycles. The number of amides is 1. The summed E-state index contributed by atoms with van der Waals surface area (Å²) in [5.41, 5.74) is 7.24. The van der Waals surface area contributed by atoms with Crippen molar-refractivity contribution in [2.45, 2.75) is 31.7 Å². The van der Waals surface area contributed by atoms with E-state index in [4.69, 9.17) is 0 Å². The second-order valence-electron chi connectivity index (χ2n) is 6.94. The summed E-state index contributed by atoms with van der Waals surface area (Å²) in [6.07, 6.45) is 4.94. The Morgan fingerprint density at radius 1 is 1.24 bits per heavy atom. The molecular weight excluding hydrogens is 379 g/mol. The zero-order valence-electron chi connectivity index (χ0n) is 15.7. The minimum atomic E-state index is -0.482. The molecule has 1 aliphatic heterocycles. The number of carbonyl (C=O) groups is 1. The van der Waals surface area contributed by atoms with Gasteiger partial charge in [-0.25, -0.2) is 24.7 Å². The standard InChI is InChI=1S/C18H21FN8O2/c1-25-9-13(8-21-25)7-20-17(28)15-6-16(24-23-15)26-11-22-27(18(26)29)10-12-2-4-14(19)5-3-12/h2-5,8-9,11,15-16,23-24H,6-7,10H2,1H3,(H,20,28). The van der Waals surface area contributed by atoms with Gasteiger partial charge in [-0.05, 0) is 17.7 Å². The lowest BCUT2D eigenvalue weighted by Gasteiger charge is -2.10. The second kappa shape index (κ2) is 7.97. The molecule has 0 bridgehead atoms. The molecule has 10 nitrogen and oxygen atoms in total. The Kier molecular flexibility index (Phi) is 5.23. The number of hydrazine groups is 1. The second-order valence-corrected chi connectivity index (χ2v) is 6.94. The third-order valence-corrected chi connectivity index (χ3v) is 4.76. The van der Waals surface area contributed by atoms with Gasteiger partial charge in [0, 0.05) is 31.8 Å². The lowest BCUT2D eigenvalue weighted by molar-refractivity contribution is -0.123. The number of aryl methyl sites for hydroxylation is 1. The van der Waals surface area contributed by atoms with Crippen molar-refractivity contribution in [2.24, 2.45) is 7.05 Å². The first-order valence-corrected chi connectivity index (χ1v) is 9.14. The van der Waals surface area contributed by atoms with Gasteiger partial charge in [-0.3, -0.25) is 14.0 Å². The van der Waals surface area contributed by atoms with Crippen molar-refractivity contribution in [3.63, 3.8) is 0 Å². The average molecular weight is 400 g/mol. The van der Waals surface area contributed by atoms with E-state index >= 15 is 0 Å². The summed E-state index contributed by atoms with van der Waals surface area (Å²) in [4.78, 5) is 25.0. The molecule has 3 N–H and O–H groups in total. The Morgan fingerprint density at radius 2 is 2.03 bits per heavy atom. The highest BCUT2D eigenvalue weighted by Crippen LogP contribution is 2.14. The van der Waals surface area contributed by atoms with E-state index in [9.17, 15) is 14.0 Å². The van der Waals surface area contributed by atoms with Crippen LogP contribution >= 0.6 is 0 Å². The summed E-state index contributed by atoms with van der Waals surface area (Å²) < 4.78 is 17.4. The normalized spacial score (nSPS) is 18.8. The van der Waals surface area contributed by atoms with Crippen LogP contribution in [0.2, 0.25) is 0 Å². The maximum atomic E-state index is 13.0. The molecule has 1 amide bonds. The van der Waals surface area contributed by atoms with Crippen molar-refractivity contribution in [2.75, 3.05) is 0 Å². The van der Waals surface area contributed by atoms with Gasteiger partial charge in [-0.2, -0.15) is 10.2 Å². The molecule has 0 radical (unpaired) electrons. The van der Waals surface area contributed by atoms with Gasteiger partial charge in [0.05, 0.1) is 12.7 Å². The van der Waals surface area contributed by atoms with Gasteiger partial charge in [0.1, 0.15) is 24.4 Å². The summed E-state index contributed by atoms with van der Waals surface area (Å²) in [5, 5.41) is 11.0. The van der Waals surface area contributed by atoms with Crippen LogP contribution < -0.4 is 21.9 Å². The number of hydrogen-bond donors (Lipinski definition) is 3. The summed E-state index contributed by atoms with van der Waals surface area (Å²) in [6, 6.07) is 5.42. The third kappa shape index (κ3) is 4.25. The molecule has 3 heterocycles. The fraction of sp³-hybridized carbons (Fsp3) is 0.333. The number of carbonyl (C=O) groups excluding carboxylic acids is 1. The first-order valence-electron chi connectivity index (χ1n) is 9.14. The van der Waals surface area contributed by atoms with E-state index in [1.807, 2.05) is 13.2 Å². The molecular formula is C18H21FN8O2. The summed E-state index contributed by atoms with van der Waals surface area (Å²) in [6.45, 7) is 0.617. The first kappa shape index (κ1) is 19.0. The lowest BCUT2D eigenvalue weighted by Crippen LogP contribution is -2.43. The fourth-order valence-electron chi connectivity index (χ4n) is 3.20. The van der Waals surface area contributed by atoms with Gasteiger partial charge < -0.3 is 5.32 Å². The topological polar surface area (TPSA) is 111 Å². The maximum Gasteiger partial charge on any atom is 0.347 e. The highest BCUT2D eigenvalue weighted by molar-refractivity contribution is 5.81. The van der Waals surface area contributed by atoms with Gasteiger partial charge in [0.25, 0.3) is 0 Å². The predicted octanol–water partition coefficient (Wildman–Crippen LogP) is -0.353. The molecule has 0 aliphatic carbocycles. The number of benzene rings is 1. The van der Waals surface area contributed by atoms with E-state index in [-0.39, 0.29) is 24.0 Å². The Balaban J connectivity index is 1.36. The molecule has 3 aromatic rings. The minimum absolute atomic E-state index is 0.171. The molecule has 1 aromatic carbocycles. The Labute approximate surface area is 165 Å². The third-order valence-electron chi connectivity index (χ3n) is 4.76. The minimum Gasteiger partial charge on any atom is -0.351 e. The van der Waals surface area contributed by atoms with E-state index in [0.717, 1.165) is 11.1 Å². The largest absolute Gasteiger partial charge is 0.351 e. The van der Waals surface area contributed by atoms with Crippen LogP contribution in [0.5, 0.6) is 0 Å². The Hall–Kier alpha value is -3.31. The molecule has 1 fully saturated rings. The van der Waals surface area contributed by atoms with Crippen LogP contribution in [0.1, 0.15) is 23.7 Å². The maximum absolute atomic E-state index is 13.0. The molecule has 1 aliphatic rings. The highest BCUT2D eigenvalue weighted by atomic mass is 19.1. The van der Waals surface area contributed by atoms with Crippen LogP contribution in [0.25, 0.3) is 0 Å². The quantitative estimate of drug-likeness (QED) is 0.522. The van der Waals surface area contributed by atoms with Gasteiger partial charge >= 0.3 is 5.69 Å². The van der Waals surface area contributed by atoms with Crippen molar-refractivity contribution >= 4 is 5.91 Å². The van der Waals surface area contributed by atoms with Crippen molar-refractivity contribution in [3.05, 3.63) is 70.4 Å². The van der Waals surface area contributed by atoms with Crippen LogP contribution in [0.15, 0.2) is 47.8 Å². The van der Waals surface area contributed by atoms with Crippen LogP contribution in [0, 0.1) is 5.82 Å². The molecule has 0 saturated carbocycles. The number of hydrogen-bond acceptors (Lipinski definition) is 6. The first-order chi connectivity index (χ1) is 14.0. The molecule has 29 heavy (non-hydrogen) atoms. The van der Waals surface area contributed by atoms with Crippen LogP contribution in [0.4, 0.5) is 4.39 Å². The predicted molar refractivity (Wildman–Crippen MR) is 101 cm³/mol. The van der Waals surface area contributed by atoms with Crippen molar-refractivity contribution in [3.8, 4) is 0 Å². The molecule has 2 atom stereocenters. The smallest absolute Gasteiger partial charge is 0.347 e. The highest BCUT2D eigenvalue weighted by Gasteiger charge is 2.31. The zero-order chi connectivity index (χ0) is 20.4. The Morgan fingerprint density at radius 3 is 2.76 bits per heavy atom. The van der Waals surface area contributed by atoms with Gasteiger partial charge in [-0.1, -0.05) is 12.1 Å². The van der Waals surface area contributed by atoms with E-state index in [0.29, 0.717) is 13.0 Å². The van der Waals surface area contributed by atoms with Crippen molar-refractivity contribution in [1.29, 1.82) is 0 Å². The summed E-state index contributed by atoms with van der Waals surface area (Å²) in [7, 11) is 1.81. The van der Waals surface area contributed by atoms with E-state index in [2.05, 4.69) is 26.4 Å². The number of rotatable bonds is 6. The number of nitrogens with zero attached hydrogens (tertiary/aromatic N) is 5. The van der Waals surface area contributed by atoms with Gasteiger partial charge in [-0.15, -0.1) is 0 Å². The van der Waals surface area contributed by atoms with Gasteiger partial charge in [0.2, 0.25) is 5.91 Å². The number of nitrogens with one attached hydrogen (secondary N) is 3. The molecule has 1 saturated heterocycles. The van der Waals surface area contributed by atoms with Crippen molar-refractivity contribution < 1.29 is 9.18 Å². The number of halogens is 1. The van der Waals surface area contributed by atoms with E-state index in [1.54, 1.807) is 23.0 Å². The van der Waals surface area contributed by atoms with Crippen LogP contribution in [-0.4, -0.2) is 36.1 Å². The zero-order valence-corrected chi connectivity index (χ0v) is 15.7. The average Bonchev–Trinajstić information content (AvgIpc) is 3.43. The molecule has 4 rings (SSSR count). The van der Waals surface area contributed by atoms with Crippen molar-refractivity contribution in [1.82, 2.24) is 40.3 Å². The summed E-state index contributed by atoms with van der Waals surface area (Å²) in [5.74, 6) is -0.503. The van der Waals surface area contributed by atoms with Gasteiger partial charge in [0.15, 0.2) is 0 Å². The molecule has 2 unspecified atom stereocenters. The lowest BCUT2D eigenvalue weighted by atomic mass is 10.2. The fourth-order valence-corrected chi connectivity index (χ4v) is 3.20. The number of aromatic nitrogens is 5. The Bertz CT molecular complexity index is 1050. The summed E-state index contributed by atoms with van der Waals surface area (Å²) >= 11 is 0. The van der Waals surface area contributed by atoms with E-state index in [1.165, 1.54) is 27.7 Å². The van der Waals surface area contributed by atoms with Crippen LogP contribution in [0.3, 0.4) is 0 Å². The molecule has 11 heteroatoms. The van der Waals surface area contributed by atoms with Crippen LogP contribution in [-0.2, 0) is 24.9 Å². The SMILES string of the molecule is Cn1cc(CNC(=O)C2CC(n3cnn(Cc4ccc(F)cc4)c3=O)NN2)cn1. The van der Waals surface area contributed by atoms with E-state index < -0.39 is 12.2 Å². The molecule has 0 spiro atoms.